The average Bonchev–Trinajstić information content (AvgIpc) is 2.47. The molecular formula is C13H25NO6Si. The third-order valence-corrected chi connectivity index (χ3v) is 5.83. The van der Waals surface area contributed by atoms with Crippen molar-refractivity contribution in [1.29, 1.82) is 0 Å². The van der Waals surface area contributed by atoms with Crippen molar-refractivity contribution in [2.24, 2.45) is 0 Å². The first kappa shape index (κ1) is 19.6. The van der Waals surface area contributed by atoms with Gasteiger partial charge in [0.25, 0.3) is 0 Å². The molecule has 0 aromatic carbocycles. The summed E-state index contributed by atoms with van der Waals surface area (Å²) in [4.78, 5) is 22.4. The molecule has 1 N–H and O–H groups in total. The zero-order valence-corrected chi connectivity index (χ0v) is 14.2. The van der Waals surface area contributed by atoms with Gasteiger partial charge in [-0.05, 0) is 25.9 Å². The summed E-state index contributed by atoms with van der Waals surface area (Å²) in [6.45, 7) is 7.44. The number of esters is 1. The van der Waals surface area contributed by atoms with Gasteiger partial charge in [-0.2, -0.15) is 0 Å². The number of carbonyl (C=O) groups excluding carboxylic acids is 2. The summed E-state index contributed by atoms with van der Waals surface area (Å²) in [6, 6.07) is 0.774. The standard InChI is InChI=1S/C13H25NO6Si/c1-11(2)12(15)19-8-9-20-13(16)14-7-6-10-21(5,17-3)18-4/h1,6-10H2,2-5H3,(H,14,16). The minimum absolute atomic E-state index is 0.00740. The lowest BCUT2D eigenvalue weighted by Gasteiger charge is -2.22. The van der Waals surface area contributed by atoms with Crippen LogP contribution < -0.4 is 5.32 Å². The summed E-state index contributed by atoms with van der Waals surface area (Å²) in [5.74, 6) is -0.498. The zero-order valence-electron chi connectivity index (χ0n) is 13.2. The molecule has 7 nitrogen and oxygen atoms in total. The largest absolute Gasteiger partial charge is 0.459 e. The van der Waals surface area contributed by atoms with Gasteiger partial charge in [0.05, 0.1) is 0 Å². The van der Waals surface area contributed by atoms with Gasteiger partial charge >= 0.3 is 20.6 Å². The number of amides is 1. The molecule has 21 heavy (non-hydrogen) atoms. The molecule has 0 saturated carbocycles. The first-order valence-electron chi connectivity index (χ1n) is 6.68. The second-order valence-electron chi connectivity index (χ2n) is 4.62. The summed E-state index contributed by atoms with van der Waals surface area (Å²) < 4.78 is 20.3. The normalized spacial score (nSPS) is 10.9. The van der Waals surface area contributed by atoms with E-state index in [1.165, 1.54) is 0 Å². The van der Waals surface area contributed by atoms with Crippen molar-refractivity contribution in [3.8, 4) is 0 Å². The van der Waals surface area contributed by atoms with Crippen molar-refractivity contribution >= 4 is 20.6 Å². The van der Waals surface area contributed by atoms with Gasteiger partial charge in [0, 0.05) is 26.3 Å². The van der Waals surface area contributed by atoms with Crippen LogP contribution >= 0.6 is 0 Å². The van der Waals surface area contributed by atoms with E-state index < -0.39 is 20.6 Å². The highest BCUT2D eigenvalue weighted by Crippen LogP contribution is 2.12. The lowest BCUT2D eigenvalue weighted by Crippen LogP contribution is -2.37. The van der Waals surface area contributed by atoms with Gasteiger partial charge in [0.1, 0.15) is 13.2 Å². The molecule has 8 heteroatoms. The molecule has 0 bridgehead atoms. The summed E-state index contributed by atoms with van der Waals surface area (Å²) in [6.07, 6.45) is 0.198. The summed E-state index contributed by atoms with van der Waals surface area (Å²) >= 11 is 0. The van der Waals surface area contributed by atoms with E-state index in [1.54, 1.807) is 21.1 Å². The van der Waals surface area contributed by atoms with Crippen molar-refractivity contribution in [2.45, 2.75) is 25.9 Å². The Kier molecular flexibility index (Phi) is 9.68. The van der Waals surface area contributed by atoms with E-state index in [-0.39, 0.29) is 13.2 Å². The van der Waals surface area contributed by atoms with Crippen molar-refractivity contribution in [3.05, 3.63) is 12.2 Å². The molecule has 0 rings (SSSR count). The van der Waals surface area contributed by atoms with Crippen LogP contribution in [0, 0.1) is 0 Å². The van der Waals surface area contributed by atoms with Crippen LogP contribution in [0.2, 0.25) is 12.6 Å². The van der Waals surface area contributed by atoms with E-state index in [2.05, 4.69) is 11.9 Å². The maximum atomic E-state index is 11.3. The summed E-state index contributed by atoms with van der Waals surface area (Å²) in [5.41, 5.74) is 0.308. The van der Waals surface area contributed by atoms with E-state index in [1.807, 2.05) is 6.55 Å². The molecule has 0 heterocycles. The Morgan fingerprint density at radius 2 is 1.71 bits per heavy atom. The van der Waals surface area contributed by atoms with Crippen molar-refractivity contribution in [2.75, 3.05) is 34.0 Å². The Balaban J connectivity index is 3.64. The Bertz CT molecular complexity index is 357. The SMILES string of the molecule is C=C(C)C(=O)OCCOC(=O)NCCC[Si](C)(OC)OC. The van der Waals surface area contributed by atoms with Gasteiger partial charge < -0.3 is 23.6 Å². The number of carbonyl (C=O) groups is 2. The van der Waals surface area contributed by atoms with Gasteiger partial charge in [-0.1, -0.05) is 6.58 Å². The molecule has 0 aromatic rings. The maximum Gasteiger partial charge on any atom is 0.407 e. The Morgan fingerprint density at radius 3 is 2.24 bits per heavy atom. The fraction of sp³-hybridized carbons (Fsp3) is 0.692. The average molecular weight is 319 g/mol. The second kappa shape index (κ2) is 10.4. The lowest BCUT2D eigenvalue weighted by molar-refractivity contribution is -0.139. The molecular weight excluding hydrogens is 294 g/mol. The van der Waals surface area contributed by atoms with Gasteiger partial charge in [-0.25, -0.2) is 9.59 Å². The van der Waals surface area contributed by atoms with Crippen LogP contribution in [-0.4, -0.2) is 54.6 Å². The van der Waals surface area contributed by atoms with E-state index in [9.17, 15) is 9.59 Å². The van der Waals surface area contributed by atoms with Gasteiger partial charge in [-0.3, -0.25) is 0 Å². The maximum absolute atomic E-state index is 11.3. The molecule has 122 valence electrons. The number of hydrogen-bond donors (Lipinski definition) is 1. The Hall–Kier alpha value is -1.38. The topological polar surface area (TPSA) is 83.1 Å². The quantitative estimate of drug-likeness (QED) is 0.285. The van der Waals surface area contributed by atoms with E-state index in [0.717, 1.165) is 12.5 Å². The highest BCUT2D eigenvalue weighted by molar-refractivity contribution is 6.65. The Labute approximate surface area is 126 Å². The molecule has 0 fully saturated rings. The lowest BCUT2D eigenvalue weighted by atomic mass is 10.4. The molecule has 0 aliphatic heterocycles. The minimum Gasteiger partial charge on any atom is -0.459 e. The molecule has 0 radical (unpaired) electrons. The number of alkyl carbamates (subject to hydrolysis) is 1. The van der Waals surface area contributed by atoms with Crippen LogP contribution in [0.15, 0.2) is 12.2 Å². The van der Waals surface area contributed by atoms with Crippen LogP contribution in [0.1, 0.15) is 13.3 Å². The first-order valence-corrected chi connectivity index (χ1v) is 9.20. The van der Waals surface area contributed by atoms with Crippen LogP contribution in [0.25, 0.3) is 0 Å². The van der Waals surface area contributed by atoms with Crippen LogP contribution in [0.4, 0.5) is 4.79 Å². The van der Waals surface area contributed by atoms with Gasteiger partial charge in [0.2, 0.25) is 0 Å². The second-order valence-corrected chi connectivity index (χ2v) is 8.21. The smallest absolute Gasteiger partial charge is 0.407 e. The molecule has 1 amide bonds. The zero-order chi connectivity index (χ0) is 16.3. The molecule has 0 aliphatic rings. The van der Waals surface area contributed by atoms with Gasteiger partial charge in [0.15, 0.2) is 0 Å². The van der Waals surface area contributed by atoms with Crippen LogP contribution in [0.5, 0.6) is 0 Å². The molecule has 0 saturated heterocycles. The van der Waals surface area contributed by atoms with Crippen LogP contribution in [-0.2, 0) is 23.1 Å². The van der Waals surface area contributed by atoms with Crippen molar-refractivity contribution < 1.29 is 27.9 Å². The number of hydrogen-bond acceptors (Lipinski definition) is 6. The molecule has 0 atom stereocenters. The predicted molar refractivity (Wildman–Crippen MR) is 80.2 cm³/mol. The van der Waals surface area contributed by atoms with E-state index in [4.69, 9.17) is 18.3 Å². The molecule has 0 aromatic heterocycles. The Morgan fingerprint density at radius 1 is 1.14 bits per heavy atom. The minimum atomic E-state index is -2.08. The van der Waals surface area contributed by atoms with Crippen molar-refractivity contribution in [3.63, 3.8) is 0 Å². The van der Waals surface area contributed by atoms with Crippen LogP contribution in [0.3, 0.4) is 0 Å². The van der Waals surface area contributed by atoms with Gasteiger partial charge in [-0.15, -0.1) is 0 Å². The third-order valence-electron chi connectivity index (χ3n) is 2.84. The number of nitrogens with one attached hydrogen (secondary N) is 1. The van der Waals surface area contributed by atoms with Crippen molar-refractivity contribution in [1.82, 2.24) is 5.32 Å². The summed E-state index contributed by atoms with van der Waals surface area (Å²) in [7, 11) is 1.18. The number of rotatable bonds is 10. The van der Waals surface area contributed by atoms with E-state index in [0.29, 0.717) is 12.1 Å². The first-order chi connectivity index (χ1) is 9.84. The molecule has 0 spiro atoms. The van der Waals surface area contributed by atoms with E-state index >= 15 is 0 Å². The summed E-state index contributed by atoms with van der Waals surface area (Å²) in [5, 5.41) is 2.61. The highest BCUT2D eigenvalue weighted by atomic mass is 28.4. The fourth-order valence-corrected chi connectivity index (χ4v) is 2.72. The monoisotopic (exact) mass is 319 g/mol. The number of ether oxygens (including phenoxy) is 2. The predicted octanol–water partition coefficient (Wildman–Crippen LogP) is 1.59. The highest BCUT2D eigenvalue weighted by Gasteiger charge is 2.27. The third kappa shape index (κ3) is 9.22. The fourth-order valence-electron chi connectivity index (χ4n) is 1.33. The molecule has 0 unspecified atom stereocenters. The molecule has 0 aliphatic carbocycles.